The predicted octanol–water partition coefficient (Wildman–Crippen LogP) is 4.73. The molecule has 0 spiro atoms. The standard InChI is InChI=1S/C30H42O6/c1-20-16-21(2)18-26(32)30-28(36-30)19-27(25(31)15-14-22-8-4-3-5-9-22)35-29(33)13-7-11-23-10-6-12-24(17-20)34-23/h3-4,6-7,10,13-15,20,22-28,30-32H,2,5,8-9,11-12,16-19H2,1H3/b13-7-,15-14+/t20-,22?,23-,24-,25-,26-,27?,28-,30-/m0/s1. The molecule has 3 heterocycles. The Kier molecular flexibility index (Phi) is 9.77. The molecule has 1 saturated heterocycles. The normalized spacial score (nSPS) is 40.1. The number of cyclic esters (lactones) is 1. The second-order valence-corrected chi connectivity index (χ2v) is 10.9. The molecule has 0 aromatic rings. The number of aliphatic hydroxyl groups is 2. The molecule has 0 aromatic heterocycles. The number of rotatable bonds is 3. The van der Waals surface area contributed by atoms with Crippen molar-refractivity contribution in [2.24, 2.45) is 11.8 Å². The average molecular weight is 499 g/mol. The maximum Gasteiger partial charge on any atom is 0.330 e. The van der Waals surface area contributed by atoms with Gasteiger partial charge in [0.25, 0.3) is 0 Å². The molecule has 1 fully saturated rings. The summed E-state index contributed by atoms with van der Waals surface area (Å²) in [4.78, 5) is 12.6. The molecule has 4 rings (SSSR count). The van der Waals surface area contributed by atoms with Gasteiger partial charge in [-0.2, -0.15) is 0 Å². The SMILES string of the molecule is C=C1C[C@H](C)C[C@@H]2CC=C[C@@H](C/C=C\C(=O)OC([C@@H](O)/C=C/C3CC=CCC3)C[C@@H]3O[C@H]3[C@@H](O)C1)O2. The molecule has 9 atom stereocenters. The Morgan fingerprint density at radius 2 is 1.94 bits per heavy atom. The molecule has 2 bridgehead atoms. The van der Waals surface area contributed by atoms with Gasteiger partial charge in [0.2, 0.25) is 0 Å². The summed E-state index contributed by atoms with van der Waals surface area (Å²) in [5, 5.41) is 21.6. The van der Waals surface area contributed by atoms with Crippen molar-refractivity contribution in [3.05, 3.63) is 60.8 Å². The molecule has 4 aliphatic rings. The van der Waals surface area contributed by atoms with E-state index in [1.165, 1.54) is 6.08 Å². The van der Waals surface area contributed by atoms with Gasteiger partial charge >= 0.3 is 5.97 Å². The van der Waals surface area contributed by atoms with Crippen LogP contribution in [0.2, 0.25) is 0 Å². The average Bonchev–Trinajstić information content (AvgIpc) is 3.62. The number of carbonyl (C=O) groups is 1. The lowest BCUT2D eigenvalue weighted by molar-refractivity contribution is -0.148. The van der Waals surface area contributed by atoms with Gasteiger partial charge in [0.1, 0.15) is 18.3 Å². The minimum atomic E-state index is -0.943. The van der Waals surface area contributed by atoms with Gasteiger partial charge < -0.3 is 24.4 Å². The van der Waals surface area contributed by atoms with Crippen molar-refractivity contribution >= 4 is 5.97 Å². The van der Waals surface area contributed by atoms with Gasteiger partial charge in [-0.1, -0.05) is 61.6 Å². The lowest BCUT2D eigenvalue weighted by atomic mass is 9.90. The highest BCUT2D eigenvalue weighted by atomic mass is 16.6. The van der Waals surface area contributed by atoms with Crippen molar-refractivity contribution in [3.63, 3.8) is 0 Å². The molecular formula is C30H42O6. The number of ether oxygens (including phenoxy) is 3. The number of esters is 1. The zero-order valence-electron chi connectivity index (χ0n) is 21.4. The Balaban J connectivity index is 1.44. The first kappa shape index (κ1) is 27.1. The number of fused-ring (bicyclic) bond motifs is 3. The van der Waals surface area contributed by atoms with Gasteiger partial charge in [-0.3, -0.25) is 0 Å². The molecule has 1 aliphatic carbocycles. The third-order valence-corrected chi connectivity index (χ3v) is 7.54. The fourth-order valence-corrected chi connectivity index (χ4v) is 5.58. The van der Waals surface area contributed by atoms with Crippen LogP contribution in [-0.4, -0.2) is 58.9 Å². The largest absolute Gasteiger partial charge is 0.456 e. The first-order valence-electron chi connectivity index (χ1n) is 13.6. The molecule has 6 nitrogen and oxygen atoms in total. The Bertz CT molecular complexity index is 873. The third kappa shape index (κ3) is 8.27. The quantitative estimate of drug-likeness (QED) is 0.332. The van der Waals surface area contributed by atoms with Crippen LogP contribution in [0.25, 0.3) is 0 Å². The van der Waals surface area contributed by atoms with Crippen molar-refractivity contribution in [2.75, 3.05) is 0 Å². The molecule has 36 heavy (non-hydrogen) atoms. The summed E-state index contributed by atoms with van der Waals surface area (Å²) < 4.78 is 17.7. The van der Waals surface area contributed by atoms with Crippen LogP contribution in [0.15, 0.2) is 60.8 Å². The van der Waals surface area contributed by atoms with Crippen LogP contribution in [-0.2, 0) is 19.0 Å². The fraction of sp³-hybridized carbons (Fsp3) is 0.633. The highest BCUT2D eigenvalue weighted by Crippen LogP contribution is 2.35. The first-order chi connectivity index (χ1) is 17.4. The number of carbonyl (C=O) groups excluding carboxylic acids is 1. The van der Waals surface area contributed by atoms with Gasteiger partial charge in [0, 0.05) is 12.5 Å². The zero-order chi connectivity index (χ0) is 25.5. The van der Waals surface area contributed by atoms with E-state index in [0.29, 0.717) is 31.1 Å². The molecule has 0 amide bonds. The van der Waals surface area contributed by atoms with E-state index in [4.69, 9.17) is 14.2 Å². The van der Waals surface area contributed by atoms with E-state index in [1.54, 1.807) is 12.2 Å². The summed E-state index contributed by atoms with van der Waals surface area (Å²) in [6.07, 6.45) is 19.7. The van der Waals surface area contributed by atoms with E-state index >= 15 is 0 Å². The van der Waals surface area contributed by atoms with E-state index in [9.17, 15) is 15.0 Å². The van der Waals surface area contributed by atoms with Crippen molar-refractivity contribution < 1.29 is 29.2 Å². The molecular weight excluding hydrogens is 456 g/mol. The van der Waals surface area contributed by atoms with Crippen LogP contribution >= 0.6 is 0 Å². The fourth-order valence-electron chi connectivity index (χ4n) is 5.58. The maximum atomic E-state index is 12.6. The number of epoxide rings is 1. The Morgan fingerprint density at radius 1 is 1.08 bits per heavy atom. The van der Waals surface area contributed by atoms with Crippen LogP contribution in [0.4, 0.5) is 0 Å². The molecule has 3 aliphatic heterocycles. The van der Waals surface area contributed by atoms with Crippen LogP contribution in [0.1, 0.15) is 64.7 Å². The molecule has 6 heteroatoms. The van der Waals surface area contributed by atoms with Crippen LogP contribution in [0, 0.1) is 11.8 Å². The minimum absolute atomic E-state index is 0.0709. The van der Waals surface area contributed by atoms with E-state index in [-0.39, 0.29) is 24.4 Å². The van der Waals surface area contributed by atoms with Gasteiger partial charge in [-0.25, -0.2) is 4.79 Å². The second-order valence-electron chi connectivity index (χ2n) is 10.9. The van der Waals surface area contributed by atoms with Crippen molar-refractivity contribution in [1.29, 1.82) is 0 Å². The van der Waals surface area contributed by atoms with Crippen LogP contribution in [0.3, 0.4) is 0 Å². The predicted molar refractivity (Wildman–Crippen MR) is 139 cm³/mol. The smallest absolute Gasteiger partial charge is 0.330 e. The number of hydrogen-bond donors (Lipinski definition) is 2. The Labute approximate surface area is 215 Å². The van der Waals surface area contributed by atoms with E-state index in [1.807, 2.05) is 12.2 Å². The lowest BCUT2D eigenvalue weighted by Gasteiger charge is -2.28. The van der Waals surface area contributed by atoms with Crippen LogP contribution in [0.5, 0.6) is 0 Å². The number of allylic oxidation sites excluding steroid dienone is 3. The summed E-state index contributed by atoms with van der Waals surface area (Å²) in [6, 6.07) is 0. The summed E-state index contributed by atoms with van der Waals surface area (Å²) >= 11 is 0. The van der Waals surface area contributed by atoms with Gasteiger partial charge in [0.05, 0.1) is 24.4 Å². The van der Waals surface area contributed by atoms with Gasteiger partial charge in [-0.05, 0) is 63.2 Å². The number of hydrogen-bond acceptors (Lipinski definition) is 6. The molecule has 2 unspecified atom stereocenters. The summed E-state index contributed by atoms with van der Waals surface area (Å²) in [5.41, 5.74) is 1.00. The second kappa shape index (κ2) is 13.0. The molecule has 0 aromatic carbocycles. The third-order valence-electron chi connectivity index (χ3n) is 7.54. The molecule has 2 N–H and O–H groups in total. The minimum Gasteiger partial charge on any atom is -0.456 e. The topological polar surface area (TPSA) is 88.5 Å². The van der Waals surface area contributed by atoms with E-state index in [0.717, 1.165) is 44.1 Å². The molecule has 0 saturated carbocycles. The highest BCUT2D eigenvalue weighted by molar-refractivity contribution is 5.82. The Morgan fingerprint density at radius 3 is 2.75 bits per heavy atom. The maximum absolute atomic E-state index is 12.6. The molecule has 0 radical (unpaired) electrons. The van der Waals surface area contributed by atoms with Crippen molar-refractivity contribution in [3.8, 4) is 0 Å². The number of aliphatic hydroxyl groups excluding tert-OH is 2. The summed E-state index contributed by atoms with van der Waals surface area (Å²) in [5.74, 6) is 0.283. The Hall–Kier alpha value is -1.99. The highest BCUT2D eigenvalue weighted by Gasteiger charge is 2.46. The first-order valence-corrected chi connectivity index (χ1v) is 13.6. The lowest BCUT2D eigenvalue weighted by Crippen LogP contribution is -2.32. The van der Waals surface area contributed by atoms with Gasteiger partial charge in [-0.15, -0.1) is 0 Å². The summed E-state index contributed by atoms with van der Waals surface area (Å²) in [7, 11) is 0. The van der Waals surface area contributed by atoms with Crippen LogP contribution < -0.4 is 0 Å². The van der Waals surface area contributed by atoms with E-state index in [2.05, 4.69) is 31.7 Å². The summed E-state index contributed by atoms with van der Waals surface area (Å²) in [6.45, 7) is 6.39. The van der Waals surface area contributed by atoms with Crippen molar-refractivity contribution in [1.82, 2.24) is 0 Å². The van der Waals surface area contributed by atoms with E-state index < -0.39 is 24.3 Å². The van der Waals surface area contributed by atoms with Gasteiger partial charge in [0.15, 0.2) is 0 Å². The zero-order valence-corrected chi connectivity index (χ0v) is 21.4. The monoisotopic (exact) mass is 498 g/mol. The molecule has 198 valence electrons. The van der Waals surface area contributed by atoms with Crippen molar-refractivity contribution in [2.45, 2.75) is 107 Å².